The zero-order chi connectivity index (χ0) is 14.1. The number of nitrogens with one attached hydrogen (secondary N) is 1. The van der Waals surface area contributed by atoms with E-state index >= 15 is 0 Å². The molecule has 0 atom stereocenters. The van der Waals surface area contributed by atoms with Gasteiger partial charge in [0.05, 0.1) is 0 Å². The van der Waals surface area contributed by atoms with E-state index in [1.54, 1.807) is 5.56 Å². The van der Waals surface area contributed by atoms with Gasteiger partial charge >= 0.3 is 0 Å². The molecule has 0 bridgehead atoms. The average molecular weight is 335 g/mol. The third-order valence-corrected chi connectivity index (χ3v) is 5.63. The molecule has 1 saturated heterocycles. The van der Waals surface area contributed by atoms with Crippen LogP contribution in [0.3, 0.4) is 0 Å². The van der Waals surface area contributed by atoms with Gasteiger partial charge in [0.25, 0.3) is 0 Å². The second kappa shape index (κ2) is 7.03. The van der Waals surface area contributed by atoms with Gasteiger partial charge in [-0.3, -0.25) is 4.90 Å². The lowest BCUT2D eigenvalue weighted by atomic mass is 9.91. The van der Waals surface area contributed by atoms with Crippen LogP contribution in [0.1, 0.15) is 35.4 Å². The first-order valence-corrected chi connectivity index (χ1v) is 8.93. The summed E-state index contributed by atoms with van der Waals surface area (Å²) in [6, 6.07) is 9.09. The number of halogens is 1. The molecule has 2 nitrogen and oxygen atoms in total. The highest BCUT2D eigenvalue weighted by atomic mass is 35.5. The Morgan fingerprint density at radius 2 is 2.05 bits per heavy atom. The summed E-state index contributed by atoms with van der Waals surface area (Å²) in [6.45, 7) is 4.66. The van der Waals surface area contributed by atoms with Gasteiger partial charge in [-0.1, -0.05) is 18.2 Å². The monoisotopic (exact) mass is 334 g/mol. The fourth-order valence-corrected chi connectivity index (χ4v) is 4.46. The van der Waals surface area contributed by atoms with Gasteiger partial charge in [-0.25, -0.2) is 0 Å². The number of hydrogen-bond acceptors (Lipinski definition) is 3. The molecule has 0 radical (unpaired) electrons. The van der Waals surface area contributed by atoms with Crippen molar-refractivity contribution < 1.29 is 0 Å². The van der Waals surface area contributed by atoms with E-state index in [2.05, 4.69) is 45.2 Å². The van der Waals surface area contributed by atoms with Gasteiger partial charge in [-0.2, -0.15) is 11.3 Å². The molecule has 1 aromatic heterocycles. The third-order valence-electron chi connectivity index (χ3n) is 4.93. The largest absolute Gasteiger partial charge is 0.384 e. The first-order valence-electron chi connectivity index (χ1n) is 7.99. The number of hydrogen-bond donors (Lipinski definition) is 1. The summed E-state index contributed by atoms with van der Waals surface area (Å²) >= 11 is 1.83. The Morgan fingerprint density at radius 3 is 2.82 bits per heavy atom. The molecule has 1 aromatic carbocycles. The summed E-state index contributed by atoms with van der Waals surface area (Å²) in [5, 5.41) is 8.10. The molecule has 2 aliphatic heterocycles. The summed E-state index contributed by atoms with van der Waals surface area (Å²) in [6.07, 6.45) is 3.79. The first kappa shape index (κ1) is 15.9. The van der Waals surface area contributed by atoms with Gasteiger partial charge in [0.15, 0.2) is 0 Å². The summed E-state index contributed by atoms with van der Waals surface area (Å²) < 4.78 is 0. The smallest absolute Gasteiger partial charge is 0.0419 e. The van der Waals surface area contributed by atoms with E-state index in [0.29, 0.717) is 0 Å². The quantitative estimate of drug-likeness (QED) is 0.888. The second-order valence-electron chi connectivity index (χ2n) is 6.24. The molecule has 0 saturated carbocycles. The lowest BCUT2D eigenvalue weighted by molar-refractivity contribution is 0.205. The average Bonchev–Trinajstić information content (AvgIpc) is 3.20. The van der Waals surface area contributed by atoms with E-state index in [1.165, 1.54) is 49.2 Å². The maximum Gasteiger partial charge on any atom is 0.0419 e. The van der Waals surface area contributed by atoms with Gasteiger partial charge in [-0.15, -0.1) is 12.4 Å². The van der Waals surface area contributed by atoms with Crippen LogP contribution < -0.4 is 5.32 Å². The Labute approximate surface area is 142 Å². The predicted molar refractivity (Wildman–Crippen MR) is 97.5 cm³/mol. The lowest BCUT2D eigenvalue weighted by Crippen LogP contribution is -2.32. The number of fused-ring (bicyclic) bond motifs is 1. The van der Waals surface area contributed by atoms with Crippen molar-refractivity contribution >= 4 is 29.4 Å². The molecule has 0 spiro atoms. The Kier molecular flexibility index (Phi) is 5.07. The molecule has 1 N–H and O–H groups in total. The minimum atomic E-state index is 0. The van der Waals surface area contributed by atoms with Crippen molar-refractivity contribution in [2.45, 2.75) is 31.7 Å². The van der Waals surface area contributed by atoms with Gasteiger partial charge in [-0.05, 0) is 71.8 Å². The molecule has 2 aliphatic rings. The van der Waals surface area contributed by atoms with Crippen LogP contribution in [0, 0.1) is 0 Å². The molecule has 2 aromatic rings. The van der Waals surface area contributed by atoms with Crippen LogP contribution in [0.4, 0.5) is 5.69 Å². The maximum absolute atomic E-state index is 3.56. The molecule has 118 valence electrons. The van der Waals surface area contributed by atoms with Crippen LogP contribution in [-0.4, -0.2) is 24.5 Å². The molecule has 22 heavy (non-hydrogen) atoms. The molecular weight excluding hydrogens is 312 g/mol. The van der Waals surface area contributed by atoms with E-state index in [1.807, 2.05) is 11.3 Å². The summed E-state index contributed by atoms with van der Waals surface area (Å²) in [4.78, 5) is 2.62. The molecular formula is C18H23ClN2S. The van der Waals surface area contributed by atoms with Gasteiger partial charge in [0.1, 0.15) is 0 Å². The normalized spacial score (nSPS) is 18.5. The number of benzene rings is 1. The predicted octanol–water partition coefficient (Wildman–Crippen LogP) is 4.52. The van der Waals surface area contributed by atoms with Crippen LogP contribution in [0.25, 0.3) is 0 Å². The van der Waals surface area contributed by atoms with Gasteiger partial charge in [0, 0.05) is 18.8 Å². The van der Waals surface area contributed by atoms with E-state index in [0.717, 1.165) is 19.0 Å². The van der Waals surface area contributed by atoms with Crippen molar-refractivity contribution in [1.29, 1.82) is 0 Å². The zero-order valence-corrected chi connectivity index (χ0v) is 14.4. The minimum Gasteiger partial charge on any atom is -0.384 e. The van der Waals surface area contributed by atoms with E-state index in [-0.39, 0.29) is 12.4 Å². The van der Waals surface area contributed by atoms with Crippen molar-refractivity contribution in [1.82, 2.24) is 4.90 Å². The Morgan fingerprint density at radius 1 is 1.18 bits per heavy atom. The van der Waals surface area contributed by atoms with Crippen LogP contribution in [-0.2, 0) is 13.0 Å². The standard InChI is InChI=1S/C18H22N2S.ClH/c1-2-15-4-8-19-18(15)16(3-1)12-20-9-5-14(6-10-20)17-7-11-21-13-17;/h1-3,7,11,13-14,19H,4-6,8-10,12H2;1H. The highest BCUT2D eigenvalue weighted by molar-refractivity contribution is 7.07. The van der Waals surface area contributed by atoms with Crippen molar-refractivity contribution in [3.05, 3.63) is 51.7 Å². The molecule has 3 heterocycles. The molecule has 4 rings (SSSR count). The van der Waals surface area contributed by atoms with Crippen LogP contribution >= 0.6 is 23.7 Å². The highest BCUT2D eigenvalue weighted by Crippen LogP contribution is 2.32. The fraction of sp³-hybridized carbons (Fsp3) is 0.444. The topological polar surface area (TPSA) is 15.3 Å². The minimum absolute atomic E-state index is 0. The first-order chi connectivity index (χ1) is 10.4. The number of nitrogens with zero attached hydrogens (tertiary/aromatic N) is 1. The van der Waals surface area contributed by atoms with Crippen molar-refractivity contribution in [3.8, 4) is 0 Å². The van der Waals surface area contributed by atoms with Crippen molar-refractivity contribution in [3.63, 3.8) is 0 Å². The van der Waals surface area contributed by atoms with Crippen LogP contribution in [0.2, 0.25) is 0 Å². The third kappa shape index (κ3) is 3.17. The van der Waals surface area contributed by atoms with E-state index in [9.17, 15) is 0 Å². The van der Waals surface area contributed by atoms with Gasteiger partial charge in [0.2, 0.25) is 0 Å². The lowest BCUT2D eigenvalue weighted by Gasteiger charge is -2.32. The highest BCUT2D eigenvalue weighted by Gasteiger charge is 2.22. The molecule has 0 unspecified atom stereocenters. The Bertz CT molecular complexity index is 604. The number of piperidine rings is 1. The summed E-state index contributed by atoms with van der Waals surface area (Å²) in [5.74, 6) is 0.784. The number of likely N-dealkylation sites (tertiary alicyclic amines) is 1. The fourth-order valence-electron chi connectivity index (χ4n) is 3.72. The Balaban J connectivity index is 0.00000144. The number of anilines is 1. The van der Waals surface area contributed by atoms with Gasteiger partial charge < -0.3 is 5.32 Å². The molecule has 1 fully saturated rings. The SMILES string of the molecule is Cl.c1cc2c(c(CN3CCC(c4ccsc4)CC3)c1)NCC2. The summed E-state index contributed by atoms with van der Waals surface area (Å²) in [7, 11) is 0. The number of rotatable bonds is 3. The van der Waals surface area contributed by atoms with Crippen molar-refractivity contribution in [2.24, 2.45) is 0 Å². The molecule has 0 aliphatic carbocycles. The van der Waals surface area contributed by atoms with E-state index < -0.39 is 0 Å². The summed E-state index contributed by atoms with van der Waals surface area (Å²) in [5.41, 5.74) is 5.96. The maximum atomic E-state index is 3.56. The van der Waals surface area contributed by atoms with Crippen LogP contribution in [0.5, 0.6) is 0 Å². The van der Waals surface area contributed by atoms with E-state index in [4.69, 9.17) is 0 Å². The molecule has 0 amide bonds. The second-order valence-corrected chi connectivity index (χ2v) is 7.02. The number of thiophene rings is 1. The van der Waals surface area contributed by atoms with Crippen molar-refractivity contribution in [2.75, 3.05) is 25.0 Å². The Hall–Kier alpha value is -1.03. The molecule has 4 heteroatoms. The van der Waals surface area contributed by atoms with Crippen LogP contribution in [0.15, 0.2) is 35.0 Å². The zero-order valence-electron chi connectivity index (χ0n) is 12.8. The number of para-hydroxylation sites is 1.